The van der Waals surface area contributed by atoms with Gasteiger partial charge in [-0.05, 0) is 56.3 Å². The van der Waals surface area contributed by atoms with Crippen molar-refractivity contribution in [1.82, 2.24) is 0 Å². The molecule has 1 nitrogen and oxygen atoms in total. The quantitative estimate of drug-likeness (QED) is 0.428. The van der Waals surface area contributed by atoms with Gasteiger partial charge in [-0.25, -0.2) is 0 Å². The highest BCUT2D eigenvalue weighted by molar-refractivity contribution is 4.73. The van der Waals surface area contributed by atoms with Crippen LogP contribution in [0.25, 0.3) is 0 Å². The maximum Gasteiger partial charge on any atom is 0.0575 e. The Kier molecular flexibility index (Phi) is 8.89. The molecule has 0 aromatic carbocycles. The molecule has 130 valence electrons. The number of ether oxygens (including phenoxy) is 1. The molecule has 2 aliphatic rings. The molecule has 0 unspecified atom stereocenters. The van der Waals surface area contributed by atoms with Crippen LogP contribution in [0.5, 0.6) is 0 Å². The van der Waals surface area contributed by atoms with Crippen LogP contribution in [-0.2, 0) is 4.74 Å². The van der Waals surface area contributed by atoms with Crippen molar-refractivity contribution >= 4 is 0 Å². The highest BCUT2D eigenvalue weighted by Gasteiger charge is 2.21. The Morgan fingerprint density at radius 1 is 0.727 bits per heavy atom. The zero-order valence-corrected chi connectivity index (χ0v) is 15.3. The van der Waals surface area contributed by atoms with E-state index in [0.29, 0.717) is 6.10 Å². The SMILES string of the molecule is CCCCCC1CCC(OCCCC2CCC(C)CC2)CC1. The highest BCUT2D eigenvalue weighted by Crippen LogP contribution is 2.32. The average molecular weight is 309 g/mol. The topological polar surface area (TPSA) is 9.23 Å². The van der Waals surface area contributed by atoms with E-state index in [1.54, 1.807) is 0 Å². The van der Waals surface area contributed by atoms with Crippen molar-refractivity contribution in [3.8, 4) is 0 Å². The molecule has 0 atom stereocenters. The molecule has 0 radical (unpaired) electrons. The predicted molar refractivity (Wildman–Crippen MR) is 96.2 cm³/mol. The summed E-state index contributed by atoms with van der Waals surface area (Å²) >= 11 is 0. The Hall–Kier alpha value is -0.0400. The van der Waals surface area contributed by atoms with Crippen LogP contribution in [0, 0.1) is 17.8 Å². The fourth-order valence-corrected chi connectivity index (χ4v) is 4.51. The first-order valence-electron chi connectivity index (χ1n) is 10.4. The van der Waals surface area contributed by atoms with Gasteiger partial charge in [-0.2, -0.15) is 0 Å². The van der Waals surface area contributed by atoms with Gasteiger partial charge < -0.3 is 4.74 Å². The van der Waals surface area contributed by atoms with Gasteiger partial charge in [0, 0.05) is 6.61 Å². The number of unbranched alkanes of at least 4 members (excludes halogenated alkanes) is 2. The van der Waals surface area contributed by atoms with E-state index in [2.05, 4.69) is 13.8 Å². The summed E-state index contributed by atoms with van der Waals surface area (Å²) in [5, 5.41) is 0. The summed E-state index contributed by atoms with van der Waals surface area (Å²) in [6, 6.07) is 0. The van der Waals surface area contributed by atoms with Gasteiger partial charge in [-0.1, -0.05) is 65.2 Å². The van der Waals surface area contributed by atoms with Gasteiger partial charge >= 0.3 is 0 Å². The van der Waals surface area contributed by atoms with Gasteiger partial charge in [-0.15, -0.1) is 0 Å². The van der Waals surface area contributed by atoms with E-state index in [9.17, 15) is 0 Å². The first-order valence-corrected chi connectivity index (χ1v) is 10.4. The normalized spacial score (nSPS) is 33.0. The van der Waals surface area contributed by atoms with Crippen molar-refractivity contribution in [3.05, 3.63) is 0 Å². The molecule has 2 rings (SSSR count). The third-order valence-corrected chi connectivity index (χ3v) is 6.26. The zero-order chi connectivity index (χ0) is 15.6. The van der Waals surface area contributed by atoms with Crippen LogP contribution in [0.3, 0.4) is 0 Å². The van der Waals surface area contributed by atoms with Crippen molar-refractivity contribution in [1.29, 1.82) is 0 Å². The van der Waals surface area contributed by atoms with Gasteiger partial charge in [0.15, 0.2) is 0 Å². The molecule has 2 saturated carbocycles. The van der Waals surface area contributed by atoms with Gasteiger partial charge in [-0.3, -0.25) is 0 Å². The van der Waals surface area contributed by atoms with Crippen molar-refractivity contribution in [2.75, 3.05) is 6.61 Å². The summed E-state index contributed by atoms with van der Waals surface area (Å²) < 4.78 is 6.17. The van der Waals surface area contributed by atoms with E-state index in [4.69, 9.17) is 4.74 Å². The number of hydrogen-bond donors (Lipinski definition) is 0. The van der Waals surface area contributed by atoms with Crippen molar-refractivity contribution in [2.24, 2.45) is 17.8 Å². The standard InChI is InChI=1S/C21H40O/c1-3-4-5-7-19-13-15-21(16-14-19)22-17-6-8-20-11-9-18(2)10-12-20/h18-21H,3-17H2,1-2H3. The second-order valence-electron chi connectivity index (χ2n) is 8.28. The Bertz CT molecular complexity index is 259. The molecule has 1 heteroatoms. The summed E-state index contributed by atoms with van der Waals surface area (Å²) in [6.45, 7) is 5.74. The van der Waals surface area contributed by atoms with Crippen LogP contribution in [0.15, 0.2) is 0 Å². The molecule has 0 spiro atoms. The van der Waals surface area contributed by atoms with E-state index in [1.807, 2.05) is 0 Å². The van der Waals surface area contributed by atoms with Crippen LogP contribution < -0.4 is 0 Å². The highest BCUT2D eigenvalue weighted by atomic mass is 16.5. The zero-order valence-electron chi connectivity index (χ0n) is 15.3. The third kappa shape index (κ3) is 7.02. The lowest BCUT2D eigenvalue weighted by Crippen LogP contribution is -2.22. The van der Waals surface area contributed by atoms with Gasteiger partial charge in [0.1, 0.15) is 0 Å². The minimum atomic E-state index is 0.591. The molecular formula is C21H40O. The molecule has 0 aromatic rings. The first-order chi connectivity index (χ1) is 10.8. The second-order valence-corrected chi connectivity index (χ2v) is 8.28. The summed E-state index contributed by atoms with van der Waals surface area (Å²) in [6.07, 6.45) is 20.4. The fourth-order valence-electron chi connectivity index (χ4n) is 4.51. The summed E-state index contributed by atoms with van der Waals surface area (Å²) in [7, 11) is 0. The van der Waals surface area contributed by atoms with Crippen molar-refractivity contribution in [3.63, 3.8) is 0 Å². The first kappa shape index (κ1) is 18.3. The van der Waals surface area contributed by atoms with Crippen LogP contribution in [0.2, 0.25) is 0 Å². The monoisotopic (exact) mass is 308 g/mol. The fraction of sp³-hybridized carbons (Fsp3) is 1.00. The molecule has 0 amide bonds. The van der Waals surface area contributed by atoms with Crippen LogP contribution in [0.1, 0.15) is 104 Å². The molecule has 0 bridgehead atoms. The molecular weight excluding hydrogens is 268 g/mol. The maximum atomic E-state index is 6.17. The Morgan fingerprint density at radius 2 is 1.32 bits per heavy atom. The third-order valence-electron chi connectivity index (χ3n) is 6.26. The van der Waals surface area contributed by atoms with E-state index in [1.165, 1.54) is 89.9 Å². The van der Waals surface area contributed by atoms with Crippen LogP contribution in [-0.4, -0.2) is 12.7 Å². The predicted octanol–water partition coefficient (Wildman–Crippen LogP) is 6.75. The van der Waals surface area contributed by atoms with Gasteiger partial charge in [0.25, 0.3) is 0 Å². The summed E-state index contributed by atoms with van der Waals surface area (Å²) in [5.74, 6) is 3.00. The lowest BCUT2D eigenvalue weighted by atomic mass is 9.81. The van der Waals surface area contributed by atoms with Gasteiger partial charge in [0.2, 0.25) is 0 Å². The lowest BCUT2D eigenvalue weighted by molar-refractivity contribution is 0.0132. The molecule has 0 heterocycles. The smallest absolute Gasteiger partial charge is 0.0575 e. The average Bonchev–Trinajstić information content (AvgIpc) is 2.55. The minimum Gasteiger partial charge on any atom is -0.378 e. The Balaban J connectivity index is 1.45. The molecule has 2 aliphatic carbocycles. The molecule has 0 N–H and O–H groups in total. The molecule has 0 saturated heterocycles. The lowest BCUT2D eigenvalue weighted by Gasteiger charge is -2.29. The van der Waals surface area contributed by atoms with Gasteiger partial charge in [0.05, 0.1) is 6.10 Å². The van der Waals surface area contributed by atoms with E-state index in [-0.39, 0.29) is 0 Å². The molecule has 0 aromatic heterocycles. The summed E-state index contributed by atoms with van der Waals surface area (Å²) in [5.41, 5.74) is 0. The number of hydrogen-bond acceptors (Lipinski definition) is 1. The van der Waals surface area contributed by atoms with E-state index in [0.717, 1.165) is 24.4 Å². The summed E-state index contributed by atoms with van der Waals surface area (Å²) in [4.78, 5) is 0. The van der Waals surface area contributed by atoms with E-state index < -0.39 is 0 Å². The van der Waals surface area contributed by atoms with Crippen LogP contribution >= 0.6 is 0 Å². The number of rotatable bonds is 9. The van der Waals surface area contributed by atoms with Crippen molar-refractivity contribution in [2.45, 2.75) is 110 Å². The van der Waals surface area contributed by atoms with Crippen molar-refractivity contribution < 1.29 is 4.74 Å². The second kappa shape index (κ2) is 10.7. The van der Waals surface area contributed by atoms with E-state index >= 15 is 0 Å². The minimum absolute atomic E-state index is 0.591. The maximum absolute atomic E-state index is 6.17. The Morgan fingerprint density at radius 3 is 1.95 bits per heavy atom. The Labute approximate surface area is 139 Å². The van der Waals surface area contributed by atoms with Crippen LogP contribution in [0.4, 0.5) is 0 Å². The molecule has 22 heavy (non-hydrogen) atoms. The molecule has 2 fully saturated rings. The molecule has 0 aliphatic heterocycles. The largest absolute Gasteiger partial charge is 0.378 e.